The number of hydrogen-bond acceptors (Lipinski definition) is 4. The van der Waals surface area contributed by atoms with E-state index in [1.807, 2.05) is 30.2 Å². The molecule has 2 aromatic heterocycles. The molecule has 0 bridgehead atoms. The molecule has 5 heteroatoms. The molecular weight excluding hydrogens is 226 g/mol. The third kappa shape index (κ3) is 3.55. The molecule has 0 amide bonds. The minimum Gasteiger partial charge on any atom is -0.370 e. The van der Waals surface area contributed by atoms with Crippen molar-refractivity contribution >= 4 is 5.82 Å². The smallest absolute Gasteiger partial charge is 0.129 e. The quantitative estimate of drug-likeness (QED) is 0.843. The van der Waals surface area contributed by atoms with Gasteiger partial charge in [0.2, 0.25) is 0 Å². The van der Waals surface area contributed by atoms with Gasteiger partial charge in [-0.1, -0.05) is 13.3 Å². The van der Waals surface area contributed by atoms with Crippen LogP contribution in [0, 0.1) is 0 Å². The van der Waals surface area contributed by atoms with Gasteiger partial charge in [0.05, 0.1) is 6.20 Å². The summed E-state index contributed by atoms with van der Waals surface area (Å²) in [6.45, 7) is 3.01. The van der Waals surface area contributed by atoms with Crippen LogP contribution in [0.4, 0.5) is 5.82 Å². The lowest BCUT2D eigenvalue weighted by molar-refractivity contribution is 0.767. The van der Waals surface area contributed by atoms with E-state index in [-0.39, 0.29) is 0 Å². The maximum absolute atomic E-state index is 4.23. The zero-order valence-electron chi connectivity index (χ0n) is 10.9. The highest BCUT2D eigenvalue weighted by atomic mass is 15.2. The summed E-state index contributed by atoms with van der Waals surface area (Å²) in [5.74, 6) is 0.900. The highest BCUT2D eigenvalue weighted by Gasteiger charge is 1.99. The number of rotatable bonds is 6. The van der Waals surface area contributed by atoms with Crippen molar-refractivity contribution in [2.75, 3.05) is 11.9 Å². The second-order valence-electron chi connectivity index (χ2n) is 4.34. The molecule has 18 heavy (non-hydrogen) atoms. The van der Waals surface area contributed by atoms with Crippen LogP contribution >= 0.6 is 0 Å². The molecule has 0 aliphatic rings. The lowest BCUT2D eigenvalue weighted by Gasteiger charge is -2.05. The van der Waals surface area contributed by atoms with E-state index in [1.54, 1.807) is 6.33 Å². The van der Waals surface area contributed by atoms with E-state index in [0.717, 1.165) is 37.3 Å². The fourth-order valence-corrected chi connectivity index (χ4v) is 1.82. The van der Waals surface area contributed by atoms with Gasteiger partial charge in [-0.3, -0.25) is 4.68 Å². The zero-order valence-corrected chi connectivity index (χ0v) is 10.9. The van der Waals surface area contributed by atoms with Crippen LogP contribution in [0.3, 0.4) is 0 Å². The highest BCUT2D eigenvalue weighted by molar-refractivity contribution is 5.35. The standard InChI is InChI=1S/C13H19N5/c1-3-4-12-7-13(16-10-15-12)14-6-5-11-8-17-18(2)9-11/h7-10H,3-6H2,1-2H3,(H,14,15,16). The number of nitrogens with zero attached hydrogens (tertiary/aromatic N) is 4. The molecule has 0 radical (unpaired) electrons. The number of nitrogens with one attached hydrogen (secondary N) is 1. The van der Waals surface area contributed by atoms with E-state index in [0.29, 0.717) is 0 Å². The van der Waals surface area contributed by atoms with Crippen molar-refractivity contribution in [1.29, 1.82) is 0 Å². The first-order valence-electron chi connectivity index (χ1n) is 6.30. The third-order valence-electron chi connectivity index (χ3n) is 2.71. The largest absolute Gasteiger partial charge is 0.370 e. The summed E-state index contributed by atoms with van der Waals surface area (Å²) in [6.07, 6.45) is 8.60. The van der Waals surface area contributed by atoms with Gasteiger partial charge in [-0.05, 0) is 18.4 Å². The maximum Gasteiger partial charge on any atom is 0.129 e. The molecule has 1 N–H and O–H groups in total. The Balaban J connectivity index is 1.84. The average molecular weight is 245 g/mol. The molecule has 2 heterocycles. The molecule has 0 atom stereocenters. The monoisotopic (exact) mass is 245 g/mol. The van der Waals surface area contributed by atoms with Crippen LogP contribution in [0.15, 0.2) is 24.8 Å². The highest BCUT2D eigenvalue weighted by Crippen LogP contribution is 2.06. The van der Waals surface area contributed by atoms with E-state index in [4.69, 9.17) is 0 Å². The van der Waals surface area contributed by atoms with E-state index in [2.05, 4.69) is 27.3 Å². The van der Waals surface area contributed by atoms with E-state index in [9.17, 15) is 0 Å². The van der Waals surface area contributed by atoms with Gasteiger partial charge in [0.1, 0.15) is 12.1 Å². The number of anilines is 1. The van der Waals surface area contributed by atoms with Crippen LogP contribution in [-0.2, 0) is 19.9 Å². The van der Waals surface area contributed by atoms with Crippen molar-refractivity contribution in [3.8, 4) is 0 Å². The zero-order chi connectivity index (χ0) is 12.8. The molecule has 0 unspecified atom stereocenters. The van der Waals surface area contributed by atoms with Gasteiger partial charge in [0.15, 0.2) is 0 Å². The number of aryl methyl sites for hydroxylation is 2. The van der Waals surface area contributed by atoms with Gasteiger partial charge < -0.3 is 5.32 Å². The van der Waals surface area contributed by atoms with Gasteiger partial charge >= 0.3 is 0 Å². The normalized spacial score (nSPS) is 10.6. The van der Waals surface area contributed by atoms with Gasteiger partial charge in [-0.25, -0.2) is 9.97 Å². The van der Waals surface area contributed by atoms with Crippen LogP contribution in [0.25, 0.3) is 0 Å². The third-order valence-corrected chi connectivity index (χ3v) is 2.71. The van der Waals surface area contributed by atoms with Crippen molar-refractivity contribution in [1.82, 2.24) is 19.7 Å². The van der Waals surface area contributed by atoms with E-state index >= 15 is 0 Å². The summed E-state index contributed by atoms with van der Waals surface area (Å²) in [5, 5.41) is 7.46. The Hall–Kier alpha value is -1.91. The van der Waals surface area contributed by atoms with Crippen molar-refractivity contribution < 1.29 is 0 Å². The first kappa shape index (κ1) is 12.5. The molecule has 96 valence electrons. The SMILES string of the molecule is CCCc1cc(NCCc2cnn(C)c2)ncn1. The molecule has 0 aliphatic heterocycles. The molecule has 0 saturated heterocycles. The number of aromatic nitrogens is 4. The van der Waals surface area contributed by atoms with Gasteiger partial charge in [0, 0.05) is 31.5 Å². The van der Waals surface area contributed by atoms with Crippen LogP contribution in [0.5, 0.6) is 0 Å². The molecule has 0 saturated carbocycles. The Morgan fingerprint density at radius 2 is 2.17 bits per heavy atom. The van der Waals surface area contributed by atoms with Gasteiger partial charge in [0.25, 0.3) is 0 Å². The van der Waals surface area contributed by atoms with E-state index < -0.39 is 0 Å². The Kier molecular flexibility index (Phi) is 4.28. The molecule has 0 fully saturated rings. The van der Waals surface area contributed by atoms with Gasteiger partial charge in [-0.2, -0.15) is 5.10 Å². The summed E-state index contributed by atoms with van der Waals surface area (Å²) in [7, 11) is 1.93. The minimum atomic E-state index is 0.855. The van der Waals surface area contributed by atoms with E-state index in [1.165, 1.54) is 5.56 Å². The van der Waals surface area contributed by atoms with Crippen molar-refractivity contribution in [2.24, 2.45) is 7.05 Å². The second kappa shape index (κ2) is 6.14. The maximum atomic E-state index is 4.23. The fourth-order valence-electron chi connectivity index (χ4n) is 1.82. The molecule has 0 aromatic carbocycles. The van der Waals surface area contributed by atoms with Crippen molar-refractivity contribution in [3.05, 3.63) is 36.0 Å². The van der Waals surface area contributed by atoms with Crippen LogP contribution in [0.2, 0.25) is 0 Å². The molecule has 0 spiro atoms. The Labute approximate surface area is 107 Å². The molecule has 0 aliphatic carbocycles. The Bertz CT molecular complexity index is 492. The lowest BCUT2D eigenvalue weighted by Crippen LogP contribution is -2.06. The van der Waals surface area contributed by atoms with Gasteiger partial charge in [-0.15, -0.1) is 0 Å². The topological polar surface area (TPSA) is 55.6 Å². The summed E-state index contributed by atoms with van der Waals surface area (Å²) < 4.78 is 1.82. The predicted molar refractivity (Wildman–Crippen MR) is 71.4 cm³/mol. The number of hydrogen-bond donors (Lipinski definition) is 1. The molecule has 2 aromatic rings. The summed E-state index contributed by atoms with van der Waals surface area (Å²) in [4.78, 5) is 8.45. The lowest BCUT2D eigenvalue weighted by atomic mass is 10.2. The fraction of sp³-hybridized carbons (Fsp3) is 0.462. The van der Waals surface area contributed by atoms with Crippen molar-refractivity contribution in [2.45, 2.75) is 26.2 Å². The Morgan fingerprint density at radius 1 is 1.28 bits per heavy atom. The average Bonchev–Trinajstić information content (AvgIpc) is 2.76. The first-order chi connectivity index (χ1) is 8.78. The van der Waals surface area contributed by atoms with Crippen LogP contribution in [0.1, 0.15) is 24.6 Å². The molecule has 2 rings (SSSR count). The minimum absolute atomic E-state index is 0.855. The van der Waals surface area contributed by atoms with Crippen LogP contribution < -0.4 is 5.32 Å². The second-order valence-corrected chi connectivity index (χ2v) is 4.34. The summed E-state index contributed by atoms with van der Waals surface area (Å²) in [5.41, 5.74) is 2.32. The summed E-state index contributed by atoms with van der Waals surface area (Å²) >= 11 is 0. The summed E-state index contributed by atoms with van der Waals surface area (Å²) in [6, 6.07) is 2.02. The first-order valence-corrected chi connectivity index (χ1v) is 6.30. The Morgan fingerprint density at radius 3 is 2.89 bits per heavy atom. The molecular formula is C13H19N5. The van der Waals surface area contributed by atoms with Crippen molar-refractivity contribution in [3.63, 3.8) is 0 Å². The molecule has 5 nitrogen and oxygen atoms in total. The predicted octanol–water partition coefficient (Wildman–Crippen LogP) is 1.82. The van der Waals surface area contributed by atoms with Crippen LogP contribution in [-0.4, -0.2) is 26.3 Å².